The molecule has 0 unspecified atom stereocenters. The van der Waals surface area contributed by atoms with Crippen molar-refractivity contribution in [2.24, 2.45) is 0 Å². The average Bonchev–Trinajstić information content (AvgIpc) is 3.42. The highest BCUT2D eigenvalue weighted by Gasteiger charge is 2.22. The summed E-state index contributed by atoms with van der Waals surface area (Å²) in [7, 11) is 0. The molecule has 1 fully saturated rings. The van der Waals surface area contributed by atoms with E-state index in [2.05, 4.69) is 29.2 Å². The van der Waals surface area contributed by atoms with Gasteiger partial charge in [0, 0.05) is 39.1 Å². The summed E-state index contributed by atoms with van der Waals surface area (Å²) in [6, 6.07) is 21.0. The van der Waals surface area contributed by atoms with E-state index in [9.17, 15) is 14.7 Å². The highest BCUT2D eigenvalue weighted by molar-refractivity contribution is 7.22. The lowest BCUT2D eigenvalue weighted by Crippen LogP contribution is -2.33. The van der Waals surface area contributed by atoms with Gasteiger partial charge in [0.15, 0.2) is 5.78 Å². The van der Waals surface area contributed by atoms with Crippen LogP contribution in [0.3, 0.4) is 0 Å². The van der Waals surface area contributed by atoms with Crippen LogP contribution in [0.5, 0.6) is 11.5 Å². The van der Waals surface area contributed by atoms with Crippen molar-refractivity contribution in [2.75, 3.05) is 26.2 Å². The molecule has 226 valence electrons. The Bertz CT molecular complexity index is 1510. The Morgan fingerprint density at radius 1 is 0.884 bits per heavy atom. The van der Waals surface area contributed by atoms with Crippen molar-refractivity contribution in [3.8, 4) is 21.9 Å². The Morgan fingerprint density at radius 3 is 2.37 bits per heavy atom. The molecule has 2 heterocycles. The lowest BCUT2D eigenvalue weighted by molar-refractivity contribution is -0.129. The average molecular weight is 601 g/mol. The van der Waals surface area contributed by atoms with E-state index < -0.39 is 0 Å². The number of carbonyl (C=O) groups excluding carboxylic acids is 2. The number of ketones is 1. The smallest absolute Gasteiger partial charge is 0.243 e. The van der Waals surface area contributed by atoms with Gasteiger partial charge in [-0.25, -0.2) is 5.48 Å². The largest absolute Gasteiger partial charge is 0.508 e. The molecule has 8 heteroatoms. The van der Waals surface area contributed by atoms with Gasteiger partial charge in [-0.05, 0) is 98.8 Å². The number of hydroxylamine groups is 1. The quantitative estimate of drug-likeness (QED) is 0.0605. The second kappa shape index (κ2) is 15.1. The number of rotatable bonds is 14. The summed E-state index contributed by atoms with van der Waals surface area (Å²) in [5, 5.41) is 19.6. The van der Waals surface area contributed by atoms with E-state index in [0.29, 0.717) is 24.2 Å². The van der Waals surface area contributed by atoms with Crippen LogP contribution in [-0.2, 0) is 11.2 Å². The zero-order valence-corrected chi connectivity index (χ0v) is 25.3. The number of piperidine rings is 1. The number of phenolic OH excluding ortho intramolecular Hbond substituents is 1. The first-order valence-electron chi connectivity index (χ1n) is 15.3. The molecular formula is C35H40N2O5S. The summed E-state index contributed by atoms with van der Waals surface area (Å²) in [6.07, 6.45) is 8.85. The van der Waals surface area contributed by atoms with E-state index in [1.165, 1.54) is 36.2 Å². The lowest BCUT2D eigenvalue weighted by Gasteiger charge is -2.26. The van der Waals surface area contributed by atoms with Crippen LogP contribution in [0.25, 0.3) is 20.5 Å². The standard InChI is InChI=1S/C35H40N2O5S/c38-28-16-19-30-31(24-28)43-35(27-12-10-25(11-13-27)8-4-1-2-5-9-32(39)36-41)33(30)34(40)26-14-17-29(18-15-26)42-23-22-37-20-6-3-7-21-37/h10-19,24,38,41H,1-9,20-23H2,(H,36,39). The highest BCUT2D eigenvalue weighted by Crippen LogP contribution is 2.41. The van der Waals surface area contributed by atoms with Crippen LogP contribution >= 0.6 is 11.3 Å². The molecule has 3 N–H and O–H groups in total. The lowest BCUT2D eigenvalue weighted by atomic mass is 9.96. The predicted molar refractivity (Wildman–Crippen MR) is 171 cm³/mol. The molecule has 0 bridgehead atoms. The number of hydrogen-bond donors (Lipinski definition) is 3. The van der Waals surface area contributed by atoms with Crippen LogP contribution in [0.2, 0.25) is 0 Å². The third-order valence-electron chi connectivity index (χ3n) is 8.10. The third kappa shape index (κ3) is 8.22. The molecule has 0 radical (unpaired) electrons. The molecular weight excluding hydrogens is 560 g/mol. The number of ether oxygens (including phenoxy) is 1. The topological polar surface area (TPSA) is 99.1 Å². The minimum atomic E-state index is -0.338. The normalized spacial score (nSPS) is 13.7. The Kier molecular flexibility index (Phi) is 10.8. The Morgan fingerprint density at radius 2 is 1.63 bits per heavy atom. The van der Waals surface area contributed by atoms with Crippen molar-refractivity contribution in [1.82, 2.24) is 10.4 Å². The maximum atomic E-state index is 13.9. The van der Waals surface area contributed by atoms with Gasteiger partial charge in [0.05, 0.1) is 0 Å². The third-order valence-corrected chi connectivity index (χ3v) is 9.30. The first-order valence-corrected chi connectivity index (χ1v) is 16.1. The molecule has 5 rings (SSSR count). The number of unbranched alkanes of at least 4 members (excludes halogenated alkanes) is 3. The monoisotopic (exact) mass is 600 g/mol. The van der Waals surface area contributed by atoms with Gasteiger partial charge >= 0.3 is 0 Å². The number of benzene rings is 3. The zero-order valence-electron chi connectivity index (χ0n) is 24.5. The Balaban J connectivity index is 1.26. The molecule has 7 nitrogen and oxygen atoms in total. The van der Waals surface area contributed by atoms with Gasteiger partial charge in [0.25, 0.3) is 0 Å². The van der Waals surface area contributed by atoms with Crippen molar-refractivity contribution in [2.45, 2.75) is 57.8 Å². The van der Waals surface area contributed by atoms with Gasteiger partial charge in [-0.15, -0.1) is 11.3 Å². The van der Waals surface area contributed by atoms with Gasteiger partial charge in [-0.3, -0.25) is 19.7 Å². The van der Waals surface area contributed by atoms with Crippen molar-refractivity contribution >= 4 is 33.1 Å². The molecule has 0 spiro atoms. The molecule has 1 aliphatic heterocycles. The number of aryl methyl sites for hydroxylation is 1. The highest BCUT2D eigenvalue weighted by atomic mass is 32.1. The van der Waals surface area contributed by atoms with E-state index in [4.69, 9.17) is 9.94 Å². The SMILES string of the molecule is O=C(CCCCCCc1ccc(-c2sc3cc(O)ccc3c2C(=O)c2ccc(OCCN3CCCCC3)cc2)cc1)NO. The minimum Gasteiger partial charge on any atom is -0.508 e. The maximum absolute atomic E-state index is 13.9. The summed E-state index contributed by atoms with van der Waals surface area (Å²) < 4.78 is 6.85. The number of thiophene rings is 1. The fourth-order valence-electron chi connectivity index (χ4n) is 5.68. The molecule has 1 saturated heterocycles. The number of nitrogens with one attached hydrogen (secondary N) is 1. The number of aromatic hydroxyl groups is 1. The second-order valence-electron chi connectivity index (χ2n) is 11.2. The van der Waals surface area contributed by atoms with Gasteiger partial charge in [-0.2, -0.15) is 0 Å². The van der Waals surface area contributed by atoms with Gasteiger partial charge in [0.1, 0.15) is 18.1 Å². The van der Waals surface area contributed by atoms with Crippen molar-refractivity contribution in [3.05, 3.63) is 83.4 Å². The van der Waals surface area contributed by atoms with E-state index in [1.54, 1.807) is 17.6 Å². The first-order chi connectivity index (χ1) is 21.0. The van der Waals surface area contributed by atoms with Crippen molar-refractivity contribution < 1.29 is 24.6 Å². The molecule has 1 amide bonds. The molecule has 1 aromatic heterocycles. The summed E-state index contributed by atoms with van der Waals surface area (Å²) in [5.41, 5.74) is 5.12. The van der Waals surface area contributed by atoms with Gasteiger partial charge in [0.2, 0.25) is 5.91 Å². The van der Waals surface area contributed by atoms with Crippen LogP contribution in [0, 0.1) is 0 Å². The molecule has 0 atom stereocenters. The first kappa shape index (κ1) is 30.7. The van der Waals surface area contributed by atoms with E-state index in [1.807, 2.05) is 30.3 Å². The maximum Gasteiger partial charge on any atom is 0.243 e. The van der Waals surface area contributed by atoms with Crippen LogP contribution in [0.4, 0.5) is 0 Å². The van der Waals surface area contributed by atoms with E-state index >= 15 is 0 Å². The fraction of sp³-hybridized carbons (Fsp3) is 0.371. The molecule has 0 saturated carbocycles. The summed E-state index contributed by atoms with van der Waals surface area (Å²) in [5.74, 6) is 0.554. The van der Waals surface area contributed by atoms with Crippen LogP contribution in [0.15, 0.2) is 66.7 Å². The number of fused-ring (bicyclic) bond motifs is 1. The molecule has 1 aliphatic rings. The van der Waals surface area contributed by atoms with Crippen molar-refractivity contribution in [1.29, 1.82) is 0 Å². The second-order valence-corrected chi connectivity index (χ2v) is 12.3. The van der Waals surface area contributed by atoms with Crippen LogP contribution in [0.1, 0.15) is 72.9 Å². The summed E-state index contributed by atoms with van der Waals surface area (Å²) in [6.45, 7) is 3.84. The zero-order chi connectivity index (χ0) is 30.0. The molecule has 4 aromatic rings. The number of amides is 1. The summed E-state index contributed by atoms with van der Waals surface area (Å²) in [4.78, 5) is 28.4. The Hall–Kier alpha value is -3.72. The van der Waals surface area contributed by atoms with Crippen LogP contribution in [-0.4, -0.2) is 53.1 Å². The van der Waals surface area contributed by atoms with Gasteiger partial charge < -0.3 is 9.84 Å². The molecule has 0 aliphatic carbocycles. The number of nitrogens with zero attached hydrogens (tertiary/aromatic N) is 1. The fourth-order valence-corrected chi connectivity index (χ4v) is 6.92. The number of hydrogen-bond acceptors (Lipinski definition) is 7. The molecule has 43 heavy (non-hydrogen) atoms. The number of likely N-dealkylation sites (tertiary alicyclic amines) is 1. The predicted octanol–water partition coefficient (Wildman–Crippen LogP) is 7.37. The van der Waals surface area contributed by atoms with E-state index in [0.717, 1.165) is 78.0 Å². The van der Waals surface area contributed by atoms with E-state index in [-0.39, 0.29) is 17.4 Å². The van der Waals surface area contributed by atoms with Crippen LogP contribution < -0.4 is 10.2 Å². The Labute approximate surface area is 257 Å². The van der Waals surface area contributed by atoms with Gasteiger partial charge in [-0.1, -0.05) is 43.5 Å². The van der Waals surface area contributed by atoms with Crippen molar-refractivity contribution in [3.63, 3.8) is 0 Å². The summed E-state index contributed by atoms with van der Waals surface area (Å²) >= 11 is 1.52. The number of phenols is 1. The number of carbonyl (C=O) groups is 2. The minimum absolute atomic E-state index is 0.0502. The molecule has 3 aromatic carbocycles.